The van der Waals surface area contributed by atoms with Gasteiger partial charge >= 0.3 is 0 Å². The van der Waals surface area contributed by atoms with E-state index in [9.17, 15) is 23.5 Å². The number of carbonyl (C=O) groups is 2. The molecule has 0 saturated carbocycles. The lowest BCUT2D eigenvalue weighted by Gasteiger charge is -2.26. The lowest BCUT2D eigenvalue weighted by Crippen LogP contribution is -2.48. The molecule has 3 aromatic rings. The van der Waals surface area contributed by atoms with E-state index in [1.54, 1.807) is 31.1 Å². The molecular formula is C35H44F2N4O5. The van der Waals surface area contributed by atoms with E-state index in [0.29, 0.717) is 42.2 Å². The summed E-state index contributed by atoms with van der Waals surface area (Å²) in [5.74, 6) is -1.64. The summed E-state index contributed by atoms with van der Waals surface area (Å²) in [6.45, 7) is 7.26. The Hall–Kier alpha value is -4.35. The molecule has 3 aromatic carbocycles. The molecule has 0 aromatic heterocycles. The number of carbonyl (C=O) groups excluding carboxylic acids is 2. The minimum Gasteiger partial charge on any atom is -0.497 e. The van der Waals surface area contributed by atoms with Crippen molar-refractivity contribution in [3.63, 3.8) is 0 Å². The van der Waals surface area contributed by atoms with Gasteiger partial charge < -0.3 is 30.2 Å². The molecule has 0 unspecified atom stereocenters. The summed E-state index contributed by atoms with van der Waals surface area (Å²) in [6, 6.07) is 14.3. The Labute approximate surface area is 269 Å². The van der Waals surface area contributed by atoms with Crippen molar-refractivity contribution in [3.8, 4) is 5.75 Å². The predicted molar refractivity (Wildman–Crippen MR) is 174 cm³/mol. The van der Waals surface area contributed by atoms with Crippen LogP contribution in [0.4, 0.5) is 8.78 Å². The van der Waals surface area contributed by atoms with Gasteiger partial charge in [-0.05, 0) is 79.8 Å². The lowest BCUT2D eigenvalue weighted by atomic mass is 9.98. The number of benzene rings is 3. The smallest absolute Gasteiger partial charge is 0.253 e. The Morgan fingerprint density at radius 2 is 1.57 bits per heavy atom. The molecule has 0 saturated heterocycles. The maximum Gasteiger partial charge on any atom is 0.253 e. The Bertz CT molecular complexity index is 1470. The maximum atomic E-state index is 14.1. The van der Waals surface area contributed by atoms with Crippen LogP contribution < -0.4 is 15.4 Å². The van der Waals surface area contributed by atoms with Crippen molar-refractivity contribution >= 4 is 17.5 Å². The average Bonchev–Trinajstić information content (AvgIpc) is 3.03. The second-order valence-electron chi connectivity index (χ2n) is 11.1. The standard InChI is InChI=1S/C35H44F2N4O5/c1-6-11-41(12-7-2)35(44)28-18-26(23(3)40-46-5)17-27(19-28)34(43)39-32(16-25-13-29(36)20-30(37)14-25)33(42)22-38-21-24-9-8-10-31(15-24)45-4/h8-10,13-15,17-20,32-33,38,42H,6-7,11-12,16,21-22H2,1-5H3,(H,39,43)/t32-,33+/m0/s1. The van der Waals surface area contributed by atoms with Crippen LogP contribution in [0.1, 0.15) is 71.0 Å². The van der Waals surface area contributed by atoms with Crippen LogP contribution in [0.3, 0.4) is 0 Å². The number of oxime groups is 1. The molecule has 11 heteroatoms. The first-order valence-corrected chi connectivity index (χ1v) is 15.4. The number of ether oxygens (including phenoxy) is 1. The van der Waals surface area contributed by atoms with Gasteiger partial charge in [0.2, 0.25) is 0 Å². The van der Waals surface area contributed by atoms with Crippen LogP contribution in [0, 0.1) is 11.6 Å². The van der Waals surface area contributed by atoms with E-state index in [4.69, 9.17) is 9.57 Å². The largest absolute Gasteiger partial charge is 0.497 e. The van der Waals surface area contributed by atoms with Crippen molar-refractivity contribution in [2.45, 2.75) is 58.7 Å². The van der Waals surface area contributed by atoms with E-state index in [1.807, 2.05) is 38.1 Å². The van der Waals surface area contributed by atoms with Crippen LogP contribution in [0.2, 0.25) is 0 Å². The number of aliphatic hydroxyl groups excluding tert-OH is 1. The molecule has 3 rings (SSSR count). The lowest BCUT2D eigenvalue weighted by molar-refractivity contribution is 0.0755. The number of hydrogen-bond donors (Lipinski definition) is 3. The van der Waals surface area contributed by atoms with Gasteiger partial charge in [0.1, 0.15) is 24.5 Å². The van der Waals surface area contributed by atoms with Gasteiger partial charge in [0.25, 0.3) is 11.8 Å². The van der Waals surface area contributed by atoms with Crippen LogP contribution in [0.15, 0.2) is 65.8 Å². The van der Waals surface area contributed by atoms with Crippen LogP contribution in [0.25, 0.3) is 0 Å². The molecular weight excluding hydrogens is 594 g/mol. The number of halogens is 2. The van der Waals surface area contributed by atoms with Gasteiger partial charge in [-0.2, -0.15) is 0 Å². The third-order valence-electron chi connectivity index (χ3n) is 7.34. The van der Waals surface area contributed by atoms with E-state index in [1.165, 1.54) is 13.2 Å². The summed E-state index contributed by atoms with van der Waals surface area (Å²) < 4.78 is 33.4. The van der Waals surface area contributed by atoms with Crippen LogP contribution in [-0.4, -0.2) is 73.5 Å². The fourth-order valence-corrected chi connectivity index (χ4v) is 5.12. The summed E-state index contributed by atoms with van der Waals surface area (Å²) in [4.78, 5) is 34.0. The van der Waals surface area contributed by atoms with E-state index >= 15 is 0 Å². The van der Waals surface area contributed by atoms with Crippen LogP contribution in [-0.2, 0) is 17.8 Å². The van der Waals surface area contributed by atoms with Crippen LogP contribution in [0.5, 0.6) is 5.75 Å². The minimum atomic E-state index is -1.15. The number of methoxy groups -OCH3 is 1. The molecule has 0 fully saturated rings. The van der Waals surface area contributed by atoms with E-state index in [-0.39, 0.29) is 30.0 Å². The van der Waals surface area contributed by atoms with Gasteiger partial charge in [0.05, 0.1) is 25.0 Å². The summed E-state index contributed by atoms with van der Waals surface area (Å²) in [7, 11) is 2.98. The fraction of sp³-hybridized carbons (Fsp3) is 0.400. The monoisotopic (exact) mass is 638 g/mol. The Kier molecular flexibility index (Phi) is 14.1. The van der Waals surface area contributed by atoms with Gasteiger partial charge in [-0.3, -0.25) is 9.59 Å². The number of aliphatic hydroxyl groups is 1. The zero-order valence-corrected chi connectivity index (χ0v) is 27.1. The number of nitrogens with zero attached hydrogens (tertiary/aromatic N) is 2. The number of hydrogen-bond acceptors (Lipinski definition) is 7. The quantitative estimate of drug-likeness (QED) is 0.140. The molecule has 0 aliphatic heterocycles. The highest BCUT2D eigenvalue weighted by Crippen LogP contribution is 2.18. The predicted octanol–water partition coefficient (Wildman–Crippen LogP) is 5.10. The van der Waals surface area contributed by atoms with Crippen molar-refractivity contribution in [1.82, 2.24) is 15.5 Å². The summed E-state index contributed by atoms with van der Waals surface area (Å²) in [6.07, 6.45) is 0.342. The maximum absolute atomic E-state index is 14.1. The molecule has 0 bridgehead atoms. The SMILES string of the molecule is CCCN(CCC)C(=O)c1cc(C(=O)N[C@@H](Cc2cc(F)cc(F)c2)[C@H](O)CNCc2cccc(OC)c2)cc(C(C)=NOC)c1. The minimum absolute atomic E-state index is 0.0567. The molecule has 0 spiro atoms. The fourth-order valence-electron chi connectivity index (χ4n) is 5.12. The van der Waals surface area contributed by atoms with E-state index < -0.39 is 29.7 Å². The van der Waals surface area contributed by atoms with E-state index in [0.717, 1.165) is 36.6 Å². The van der Waals surface area contributed by atoms with Gasteiger partial charge in [-0.25, -0.2) is 8.78 Å². The second kappa shape index (κ2) is 18.0. The first kappa shape index (κ1) is 36.1. The third-order valence-corrected chi connectivity index (χ3v) is 7.34. The first-order valence-electron chi connectivity index (χ1n) is 15.4. The molecule has 0 radical (unpaired) electrons. The molecule has 2 atom stereocenters. The summed E-state index contributed by atoms with van der Waals surface area (Å²) in [5.41, 5.74) is 2.61. The van der Waals surface area contributed by atoms with Crippen molar-refractivity contribution in [2.75, 3.05) is 33.9 Å². The molecule has 0 aliphatic rings. The molecule has 248 valence electrons. The third kappa shape index (κ3) is 10.6. The summed E-state index contributed by atoms with van der Waals surface area (Å²) in [5, 5.41) is 21.2. The zero-order valence-electron chi connectivity index (χ0n) is 27.1. The number of nitrogens with one attached hydrogen (secondary N) is 2. The van der Waals surface area contributed by atoms with Gasteiger partial charge in [0.15, 0.2) is 0 Å². The zero-order chi connectivity index (χ0) is 33.6. The highest BCUT2D eigenvalue weighted by molar-refractivity contribution is 6.06. The Balaban J connectivity index is 1.92. The topological polar surface area (TPSA) is 112 Å². The van der Waals surface area contributed by atoms with Crippen molar-refractivity contribution in [3.05, 3.63) is 100 Å². The normalized spacial score (nSPS) is 12.7. The van der Waals surface area contributed by atoms with Crippen molar-refractivity contribution < 1.29 is 33.1 Å². The van der Waals surface area contributed by atoms with Crippen molar-refractivity contribution in [1.29, 1.82) is 0 Å². The average molecular weight is 639 g/mol. The number of amides is 2. The molecule has 3 N–H and O–H groups in total. The molecule has 46 heavy (non-hydrogen) atoms. The van der Waals surface area contributed by atoms with Gasteiger partial charge in [0, 0.05) is 48.9 Å². The van der Waals surface area contributed by atoms with Gasteiger partial charge in [-0.1, -0.05) is 31.1 Å². The highest BCUT2D eigenvalue weighted by Gasteiger charge is 2.25. The Morgan fingerprint density at radius 1 is 0.913 bits per heavy atom. The molecule has 0 heterocycles. The highest BCUT2D eigenvalue weighted by atomic mass is 19.1. The Morgan fingerprint density at radius 3 is 2.20 bits per heavy atom. The van der Waals surface area contributed by atoms with Crippen LogP contribution >= 0.6 is 0 Å². The van der Waals surface area contributed by atoms with E-state index in [2.05, 4.69) is 15.8 Å². The van der Waals surface area contributed by atoms with Crippen molar-refractivity contribution in [2.24, 2.45) is 5.16 Å². The summed E-state index contributed by atoms with van der Waals surface area (Å²) >= 11 is 0. The molecule has 2 amide bonds. The van der Waals surface area contributed by atoms with Gasteiger partial charge in [-0.15, -0.1) is 0 Å². The molecule has 9 nitrogen and oxygen atoms in total. The first-order chi connectivity index (χ1) is 22.1. The molecule has 0 aliphatic carbocycles. The second-order valence-corrected chi connectivity index (χ2v) is 11.1. The number of rotatable bonds is 17.